The summed E-state index contributed by atoms with van der Waals surface area (Å²) < 4.78 is 0.743. The molecule has 3 aromatic rings. The molecule has 132 valence electrons. The van der Waals surface area contributed by atoms with E-state index in [1.54, 1.807) is 12.3 Å². The van der Waals surface area contributed by atoms with Gasteiger partial charge in [0.1, 0.15) is 5.15 Å². The van der Waals surface area contributed by atoms with E-state index in [2.05, 4.69) is 36.9 Å². The number of anilines is 1. The van der Waals surface area contributed by atoms with Crippen LogP contribution in [-0.4, -0.2) is 47.0 Å². The Labute approximate surface area is 164 Å². The van der Waals surface area contributed by atoms with Gasteiger partial charge in [-0.15, -0.1) is 0 Å². The normalized spacial score (nSPS) is 14.7. The van der Waals surface area contributed by atoms with Crippen LogP contribution in [0.4, 0.5) is 5.69 Å². The second-order valence-corrected chi connectivity index (χ2v) is 7.39. The molecule has 7 heteroatoms. The highest BCUT2D eigenvalue weighted by Crippen LogP contribution is 2.27. The highest BCUT2D eigenvalue weighted by molar-refractivity contribution is 9.10. The second kappa shape index (κ2) is 7.21. The van der Waals surface area contributed by atoms with E-state index in [1.165, 1.54) is 0 Å². The van der Waals surface area contributed by atoms with E-state index in [9.17, 15) is 4.79 Å². The van der Waals surface area contributed by atoms with Crippen molar-refractivity contribution in [2.24, 2.45) is 0 Å². The van der Waals surface area contributed by atoms with Crippen LogP contribution in [0.25, 0.3) is 10.9 Å². The number of nitrogens with zero attached hydrogens (tertiary/aromatic N) is 4. The van der Waals surface area contributed by atoms with Gasteiger partial charge in [-0.3, -0.25) is 9.78 Å². The van der Waals surface area contributed by atoms with Crippen molar-refractivity contribution in [2.45, 2.75) is 0 Å². The summed E-state index contributed by atoms with van der Waals surface area (Å²) in [6, 6.07) is 11.9. The van der Waals surface area contributed by atoms with Crippen LogP contribution in [0.3, 0.4) is 0 Å². The highest BCUT2D eigenvalue weighted by atomic mass is 79.9. The fourth-order valence-corrected chi connectivity index (χ4v) is 3.77. The number of piperazine rings is 1. The van der Waals surface area contributed by atoms with E-state index in [4.69, 9.17) is 11.6 Å². The number of rotatable bonds is 2. The van der Waals surface area contributed by atoms with Crippen molar-refractivity contribution < 1.29 is 4.79 Å². The largest absolute Gasteiger partial charge is 0.367 e. The fraction of sp³-hybridized carbons (Fsp3) is 0.211. The molecule has 1 fully saturated rings. The average molecular weight is 432 g/mol. The molecule has 1 amide bonds. The molecular formula is C19H16BrClN4O. The summed E-state index contributed by atoms with van der Waals surface area (Å²) in [6.07, 6.45) is 3.42. The Hall–Kier alpha value is -2.18. The van der Waals surface area contributed by atoms with Gasteiger partial charge in [-0.05, 0) is 34.1 Å². The molecule has 4 rings (SSSR count). The van der Waals surface area contributed by atoms with Gasteiger partial charge in [0.15, 0.2) is 0 Å². The molecule has 2 aromatic heterocycles. The van der Waals surface area contributed by atoms with Gasteiger partial charge in [-0.25, -0.2) is 4.98 Å². The summed E-state index contributed by atoms with van der Waals surface area (Å²) in [5, 5.41) is 1.37. The molecule has 0 aliphatic carbocycles. The Kier molecular flexibility index (Phi) is 4.78. The summed E-state index contributed by atoms with van der Waals surface area (Å²) in [4.78, 5) is 25.4. The maximum Gasteiger partial charge on any atom is 0.257 e. The van der Waals surface area contributed by atoms with Crippen molar-refractivity contribution >= 4 is 50.0 Å². The lowest BCUT2D eigenvalue weighted by molar-refractivity contribution is 0.0746. The van der Waals surface area contributed by atoms with Crippen LogP contribution in [0.5, 0.6) is 0 Å². The second-order valence-electron chi connectivity index (χ2n) is 6.12. The zero-order chi connectivity index (χ0) is 18.1. The number of aromatic nitrogens is 2. The summed E-state index contributed by atoms with van der Waals surface area (Å²) in [5.41, 5.74) is 2.57. The van der Waals surface area contributed by atoms with Crippen molar-refractivity contribution in [3.05, 3.63) is 64.0 Å². The van der Waals surface area contributed by atoms with Crippen molar-refractivity contribution in [1.82, 2.24) is 14.9 Å². The van der Waals surface area contributed by atoms with Gasteiger partial charge in [0.2, 0.25) is 0 Å². The minimum absolute atomic E-state index is 0.0805. The topological polar surface area (TPSA) is 49.3 Å². The van der Waals surface area contributed by atoms with Gasteiger partial charge < -0.3 is 9.80 Å². The number of carbonyl (C=O) groups is 1. The quantitative estimate of drug-likeness (QED) is 0.575. The van der Waals surface area contributed by atoms with Crippen molar-refractivity contribution in [2.75, 3.05) is 31.1 Å². The Bertz CT molecular complexity index is 967. The van der Waals surface area contributed by atoms with Gasteiger partial charge in [-0.2, -0.15) is 0 Å². The number of pyridine rings is 2. The highest BCUT2D eigenvalue weighted by Gasteiger charge is 2.25. The molecule has 5 nitrogen and oxygen atoms in total. The molecule has 0 N–H and O–H groups in total. The van der Waals surface area contributed by atoms with E-state index in [-0.39, 0.29) is 11.1 Å². The lowest BCUT2D eigenvalue weighted by atomic mass is 10.1. The van der Waals surface area contributed by atoms with Crippen LogP contribution >= 0.6 is 27.5 Å². The standard InChI is InChI=1S/C19H16BrClN4O/c20-13-11-15(18(21)23-12-13)19(26)25-9-7-24(8-10-25)17-5-6-22-16-4-2-1-3-14(16)17/h1-6,11-12H,7-10H2. The number of halogens is 2. The predicted molar refractivity (Wildman–Crippen MR) is 107 cm³/mol. The fourth-order valence-electron chi connectivity index (χ4n) is 3.25. The number of hydrogen-bond donors (Lipinski definition) is 0. The minimum atomic E-state index is -0.0805. The van der Waals surface area contributed by atoms with Crippen molar-refractivity contribution in [3.8, 4) is 0 Å². The Morgan fingerprint density at radius 2 is 1.85 bits per heavy atom. The number of benzene rings is 1. The monoisotopic (exact) mass is 430 g/mol. The number of carbonyl (C=O) groups excluding carboxylic acids is 1. The Balaban J connectivity index is 1.52. The predicted octanol–water partition coefficient (Wildman–Crippen LogP) is 4.01. The summed E-state index contributed by atoms with van der Waals surface area (Å²) >= 11 is 9.45. The first-order valence-corrected chi connectivity index (χ1v) is 9.49. The molecule has 0 atom stereocenters. The van der Waals surface area contributed by atoms with E-state index in [0.717, 1.165) is 34.2 Å². The summed E-state index contributed by atoms with van der Waals surface area (Å²) in [7, 11) is 0. The summed E-state index contributed by atoms with van der Waals surface area (Å²) in [6.45, 7) is 2.80. The van der Waals surface area contributed by atoms with Crippen LogP contribution in [0, 0.1) is 0 Å². The maximum absolute atomic E-state index is 12.8. The molecule has 1 aliphatic rings. The Morgan fingerprint density at radius 1 is 1.08 bits per heavy atom. The van der Waals surface area contributed by atoms with Gasteiger partial charge in [0, 0.05) is 54.1 Å². The third-order valence-electron chi connectivity index (χ3n) is 4.57. The zero-order valence-corrected chi connectivity index (χ0v) is 16.2. The van der Waals surface area contributed by atoms with Gasteiger partial charge in [0.05, 0.1) is 11.1 Å². The zero-order valence-electron chi connectivity index (χ0n) is 13.9. The summed E-state index contributed by atoms with van der Waals surface area (Å²) in [5.74, 6) is -0.0805. The molecule has 1 aromatic carbocycles. The lowest BCUT2D eigenvalue weighted by Gasteiger charge is -2.36. The first-order chi connectivity index (χ1) is 12.6. The number of fused-ring (bicyclic) bond motifs is 1. The minimum Gasteiger partial charge on any atom is -0.367 e. The number of para-hydroxylation sites is 1. The molecule has 3 heterocycles. The smallest absolute Gasteiger partial charge is 0.257 e. The van der Waals surface area contributed by atoms with Gasteiger partial charge in [0.25, 0.3) is 5.91 Å². The van der Waals surface area contributed by atoms with E-state index in [1.807, 2.05) is 35.4 Å². The molecule has 1 saturated heterocycles. The molecular weight excluding hydrogens is 416 g/mol. The van der Waals surface area contributed by atoms with Gasteiger partial charge in [-0.1, -0.05) is 29.8 Å². The molecule has 0 bridgehead atoms. The van der Waals surface area contributed by atoms with Crippen LogP contribution in [0.1, 0.15) is 10.4 Å². The first kappa shape index (κ1) is 17.2. The lowest BCUT2D eigenvalue weighted by Crippen LogP contribution is -2.49. The molecule has 26 heavy (non-hydrogen) atoms. The molecule has 0 spiro atoms. The molecule has 0 unspecified atom stereocenters. The number of amides is 1. The Morgan fingerprint density at radius 3 is 2.65 bits per heavy atom. The SMILES string of the molecule is O=C(c1cc(Br)cnc1Cl)N1CCN(c2ccnc3ccccc23)CC1. The first-order valence-electron chi connectivity index (χ1n) is 8.32. The molecule has 0 saturated carbocycles. The third kappa shape index (κ3) is 3.27. The third-order valence-corrected chi connectivity index (χ3v) is 5.30. The van der Waals surface area contributed by atoms with E-state index >= 15 is 0 Å². The van der Waals surface area contributed by atoms with E-state index < -0.39 is 0 Å². The van der Waals surface area contributed by atoms with Crippen molar-refractivity contribution in [1.29, 1.82) is 0 Å². The van der Waals surface area contributed by atoms with E-state index in [0.29, 0.717) is 18.7 Å². The maximum atomic E-state index is 12.8. The molecule has 1 aliphatic heterocycles. The van der Waals surface area contributed by atoms with Gasteiger partial charge >= 0.3 is 0 Å². The molecule has 0 radical (unpaired) electrons. The van der Waals surface area contributed by atoms with Crippen LogP contribution in [-0.2, 0) is 0 Å². The van der Waals surface area contributed by atoms with Crippen LogP contribution < -0.4 is 4.90 Å². The average Bonchev–Trinajstić information content (AvgIpc) is 2.69. The van der Waals surface area contributed by atoms with Crippen LogP contribution in [0.15, 0.2) is 53.3 Å². The number of hydrogen-bond acceptors (Lipinski definition) is 4. The van der Waals surface area contributed by atoms with Crippen LogP contribution in [0.2, 0.25) is 5.15 Å². The van der Waals surface area contributed by atoms with Crippen molar-refractivity contribution in [3.63, 3.8) is 0 Å².